The lowest BCUT2D eigenvalue weighted by Gasteiger charge is -2.12. The predicted octanol–water partition coefficient (Wildman–Crippen LogP) is 3.44. The lowest BCUT2D eigenvalue weighted by molar-refractivity contribution is 0.456. The summed E-state index contributed by atoms with van der Waals surface area (Å²) in [6.07, 6.45) is 4.60. The molecule has 3 aliphatic carbocycles. The Balaban J connectivity index is 1.41. The highest BCUT2D eigenvalue weighted by atomic mass is 15.0. The van der Waals surface area contributed by atoms with E-state index in [0.717, 1.165) is 36.3 Å². The highest BCUT2D eigenvalue weighted by molar-refractivity contribution is 5.30. The fourth-order valence-corrected chi connectivity index (χ4v) is 4.82. The minimum absolute atomic E-state index is 0.858. The topological polar surface area (TPSA) is 12.0 Å². The zero-order valence-electron chi connectivity index (χ0n) is 11.4. The Hall–Kier alpha value is -0.820. The van der Waals surface area contributed by atoms with Crippen LogP contribution in [-0.4, -0.2) is 6.04 Å². The van der Waals surface area contributed by atoms with E-state index in [0.29, 0.717) is 0 Å². The summed E-state index contributed by atoms with van der Waals surface area (Å²) < 4.78 is 0. The van der Waals surface area contributed by atoms with Crippen molar-refractivity contribution in [2.75, 3.05) is 0 Å². The van der Waals surface area contributed by atoms with Crippen LogP contribution in [0.5, 0.6) is 0 Å². The van der Waals surface area contributed by atoms with Gasteiger partial charge in [0.1, 0.15) is 0 Å². The molecule has 0 aromatic heterocycles. The molecular formula is C17H23N. The second-order valence-corrected chi connectivity index (χ2v) is 6.82. The van der Waals surface area contributed by atoms with Gasteiger partial charge in [-0.05, 0) is 67.9 Å². The molecule has 2 bridgehead atoms. The molecule has 1 nitrogen and oxygen atoms in total. The minimum Gasteiger partial charge on any atom is -0.309 e. The summed E-state index contributed by atoms with van der Waals surface area (Å²) in [4.78, 5) is 0. The molecule has 3 saturated carbocycles. The van der Waals surface area contributed by atoms with E-state index in [1.54, 1.807) is 6.42 Å². The van der Waals surface area contributed by atoms with Gasteiger partial charge in [0, 0.05) is 12.6 Å². The van der Waals surface area contributed by atoms with Gasteiger partial charge in [-0.25, -0.2) is 0 Å². The Morgan fingerprint density at radius 2 is 1.83 bits per heavy atom. The molecule has 96 valence electrons. The van der Waals surface area contributed by atoms with Crippen LogP contribution in [0.1, 0.15) is 36.0 Å². The molecule has 0 heterocycles. The Morgan fingerprint density at radius 3 is 2.56 bits per heavy atom. The molecule has 18 heavy (non-hydrogen) atoms. The number of aryl methyl sites for hydroxylation is 2. The van der Waals surface area contributed by atoms with E-state index in [4.69, 9.17) is 0 Å². The highest BCUT2D eigenvalue weighted by Gasteiger charge is 2.64. The van der Waals surface area contributed by atoms with Crippen LogP contribution >= 0.6 is 0 Å². The van der Waals surface area contributed by atoms with Crippen LogP contribution in [0.3, 0.4) is 0 Å². The summed E-state index contributed by atoms with van der Waals surface area (Å²) in [6, 6.07) is 7.67. The van der Waals surface area contributed by atoms with E-state index in [1.807, 2.05) is 0 Å². The van der Waals surface area contributed by atoms with Crippen LogP contribution in [0, 0.1) is 37.5 Å². The van der Waals surface area contributed by atoms with Crippen molar-refractivity contribution in [2.45, 2.75) is 45.7 Å². The monoisotopic (exact) mass is 241 g/mol. The van der Waals surface area contributed by atoms with E-state index < -0.39 is 0 Å². The van der Waals surface area contributed by atoms with Crippen LogP contribution in [0.4, 0.5) is 0 Å². The number of hydrogen-bond acceptors (Lipinski definition) is 1. The highest BCUT2D eigenvalue weighted by Crippen LogP contribution is 2.65. The van der Waals surface area contributed by atoms with E-state index in [9.17, 15) is 0 Å². The van der Waals surface area contributed by atoms with Crippen molar-refractivity contribution in [3.05, 3.63) is 34.9 Å². The van der Waals surface area contributed by atoms with Crippen molar-refractivity contribution >= 4 is 0 Å². The molecular weight excluding hydrogens is 218 g/mol. The standard InChI is InChI=1S/C17H23N/c1-10-3-4-11(2)14(7-10)9-18-17-15-12-5-6-13(8-12)16(15)17/h3-4,7,12-13,15-18H,5-6,8-9H2,1-2H3. The summed E-state index contributed by atoms with van der Waals surface area (Å²) in [5, 5.41) is 3.84. The second-order valence-electron chi connectivity index (χ2n) is 6.82. The summed E-state index contributed by atoms with van der Waals surface area (Å²) >= 11 is 0. The maximum atomic E-state index is 3.84. The normalized spacial score (nSPS) is 40.0. The first-order valence-electron chi connectivity index (χ1n) is 7.53. The van der Waals surface area contributed by atoms with Gasteiger partial charge < -0.3 is 5.32 Å². The molecule has 1 heteroatoms. The summed E-state index contributed by atoms with van der Waals surface area (Å²) in [7, 11) is 0. The molecule has 0 radical (unpaired) electrons. The minimum atomic E-state index is 0.858. The average Bonchev–Trinajstić information content (AvgIpc) is 2.76. The van der Waals surface area contributed by atoms with E-state index in [1.165, 1.54) is 29.5 Å². The average molecular weight is 241 g/mol. The summed E-state index contributed by atoms with van der Waals surface area (Å²) in [5.74, 6) is 4.26. The zero-order valence-corrected chi connectivity index (χ0v) is 11.4. The molecule has 1 aromatic carbocycles. The predicted molar refractivity (Wildman–Crippen MR) is 74.4 cm³/mol. The quantitative estimate of drug-likeness (QED) is 0.855. The third-order valence-electron chi connectivity index (χ3n) is 5.77. The van der Waals surface area contributed by atoms with Gasteiger partial charge in [-0.3, -0.25) is 0 Å². The number of fused-ring (bicyclic) bond motifs is 5. The molecule has 3 fully saturated rings. The second kappa shape index (κ2) is 3.84. The smallest absolute Gasteiger partial charge is 0.0211 e. The van der Waals surface area contributed by atoms with Gasteiger partial charge in [0.25, 0.3) is 0 Å². The van der Waals surface area contributed by atoms with Gasteiger partial charge in [-0.1, -0.05) is 23.8 Å². The van der Waals surface area contributed by atoms with Crippen molar-refractivity contribution in [2.24, 2.45) is 23.7 Å². The van der Waals surface area contributed by atoms with Gasteiger partial charge in [-0.2, -0.15) is 0 Å². The third-order valence-corrected chi connectivity index (χ3v) is 5.77. The fourth-order valence-electron chi connectivity index (χ4n) is 4.82. The van der Waals surface area contributed by atoms with Crippen molar-refractivity contribution in [1.29, 1.82) is 0 Å². The number of hydrogen-bond donors (Lipinski definition) is 1. The van der Waals surface area contributed by atoms with Crippen LogP contribution in [0.25, 0.3) is 0 Å². The Bertz CT molecular complexity index is 462. The van der Waals surface area contributed by atoms with Gasteiger partial charge in [0.15, 0.2) is 0 Å². The summed E-state index contributed by atoms with van der Waals surface area (Å²) in [5.41, 5.74) is 4.31. The Kier molecular flexibility index (Phi) is 2.35. The first-order valence-corrected chi connectivity index (χ1v) is 7.53. The molecule has 4 rings (SSSR count). The molecule has 1 aromatic rings. The zero-order chi connectivity index (χ0) is 12.3. The maximum Gasteiger partial charge on any atom is 0.0211 e. The molecule has 3 aliphatic rings. The van der Waals surface area contributed by atoms with Crippen LogP contribution < -0.4 is 5.32 Å². The molecule has 4 unspecified atom stereocenters. The van der Waals surface area contributed by atoms with Gasteiger partial charge in [-0.15, -0.1) is 0 Å². The first-order chi connectivity index (χ1) is 8.74. The van der Waals surface area contributed by atoms with Crippen molar-refractivity contribution in [3.63, 3.8) is 0 Å². The molecule has 0 spiro atoms. The fraction of sp³-hybridized carbons (Fsp3) is 0.647. The van der Waals surface area contributed by atoms with Crippen LogP contribution in [0.2, 0.25) is 0 Å². The summed E-state index contributed by atoms with van der Waals surface area (Å²) in [6.45, 7) is 5.49. The third kappa shape index (κ3) is 1.56. The van der Waals surface area contributed by atoms with Gasteiger partial charge in [0.2, 0.25) is 0 Å². The van der Waals surface area contributed by atoms with Crippen molar-refractivity contribution < 1.29 is 0 Å². The molecule has 4 atom stereocenters. The molecule has 0 aliphatic heterocycles. The van der Waals surface area contributed by atoms with Crippen LogP contribution in [-0.2, 0) is 6.54 Å². The Morgan fingerprint density at radius 1 is 1.11 bits per heavy atom. The molecule has 1 N–H and O–H groups in total. The maximum absolute atomic E-state index is 3.84. The van der Waals surface area contributed by atoms with Crippen molar-refractivity contribution in [3.8, 4) is 0 Å². The van der Waals surface area contributed by atoms with E-state index in [2.05, 4.69) is 37.4 Å². The lowest BCUT2D eigenvalue weighted by atomic mass is 10.0. The SMILES string of the molecule is Cc1ccc(C)c(CNC2C3C4CCC(C4)C23)c1. The van der Waals surface area contributed by atoms with E-state index >= 15 is 0 Å². The number of rotatable bonds is 3. The van der Waals surface area contributed by atoms with E-state index in [-0.39, 0.29) is 0 Å². The number of benzene rings is 1. The molecule has 0 saturated heterocycles. The van der Waals surface area contributed by atoms with Gasteiger partial charge in [0.05, 0.1) is 0 Å². The van der Waals surface area contributed by atoms with Gasteiger partial charge >= 0.3 is 0 Å². The number of nitrogens with one attached hydrogen (secondary N) is 1. The Labute approximate surface area is 110 Å². The van der Waals surface area contributed by atoms with Crippen LogP contribution in [0.15, 0.2) is 18.2 Å². The first kappa shape index (κ1) is 11.0. The van der Waals surface area contributed by atoms with Crippen molar-refractivity contribution in [1.82, 2.24) is 5.32 Å². The lowest BCUT2D eigenvalue weighted by Crippen LogP contribution is -2.22. The largest absolute Gasteiger partial charge is 0.309 e. The molecule has 0 amide bonds.